The van der Waals surface area contributed by atoms with Crippen LogP contribution in [0.15, 0.2) is 24.3 Å². The van der Waals surface area contributed by atoms with E-state index in [2.05, 4.69) is 16.4 Å². The summed E-state index contributed by atoms with van der Waals surface area (Å²) in [6.45, 7) is 5.14. The Morgan fingerprint density at radius 1 is 1.33 bits per heavy atom. The number of ether oxygens (including phenoxy) is 1. The summed E-state index contributed by atoms with van der Waals surface area (Å²) in [6, 6.07) is 7.96. The number of aliphatic hydroxyl groups is 1. The van der Waals surface area contributed by atoms with Crippen LogP contribution >= 0.6 is 0 Å². The van der Waals surface area contributed by atoms with Crippen LogP contribution in [0.5, 0.6) is 0 Å². The van der Waals surface area contributed by atoms with Gasteiger partial charge in [-0.25, -0.2) is 9.78 Å². The summed E-state index contributed by atoms with van der Waals surface area (Å²) in [6.07, 6.45) is 0.635. The van der Waals surface area contributed by atoms with E-state index in [1.165, 1.54) is 0 Å². The number of cyclic esters (lactones) is 1. The smallest absolute Gasteiger partial charge is 0.410 e. The van der Waals surface area contributed by atoms with E-state index in [0.29, 0.717) is 32.8 Å². The maximum atomic E-state index is 12.0. The fraction of sp³-hybridized carbons (Fsp3) is 0.529. The zero-order chi connectivity index (χ0) is 16.7. The highest BCUT2D eigenvalue weighted by Gasteiger charge is 2.50. The third-order valence-corrected chi connectivity index (χ3v) is 5.23. The van der Waals surface area contributed by atoms with Gasteiger partial charge in [0.2, 0.25) is 5.95 Å². The van der Waals surface area contributed by atoms with Crippen molar-refractivity contribution < 1.29 is 14.6 Å². The molecule has 1 amide bonds. The molecule has 2 aliphatic heterocycles. The van der Waals surface area contributed by atoms with E-state index in [4.69, 9.17) is 9.72 Å². The number of amides is 1. The van der Waals surface area contributed by atoms with Crippen LogP contribution in [-0.2, 0) is 11.3 Å². The molecule has 1 N–H and O–H groups in total. The van der Waals surface area contributed by atoms with Crippen molar-refractivity contribution in [2.24, 2.45) is 0 Å². The summed E-state index contributed by atoms with van der Waals surface area (Å²) < 4.78 is 7.37. The summed E-state index contributed by atoms with van der Waals surface area (Å²) >= 11 is 0. The SMILES string of the molecule is CCC12COC(=O)N1CCN(c1nc3ccccc3n1CCO)C2. The molecule has 0 spiro atoms. The molecule has 7 heteroatoms. The molecule has 2 aliphatic rings. The van der Waals surface area contributed by atoms with Crippen molar-refractivity contribution in [3.63, 3.8) is 0 Å². The molecule has 2 fully saturated rings. The largest absolute Gasteiger partial charge is 0.447 e. The monoisotopic (exact) mass is 330 g/mol. The van der Waals surface area contributed by atoms with Crippen LogP contribution in [-0.4, -0.2) is 64.0 Å². The number of hydrogen-bond donors (Lipinski definition) is 1. The first kappa shape index (κ1) is 15.3. The van der Waals surface area contributed by atoms with Crippen LogP contribution < -0.4 is 4.90 Å². The molecule has 0 saturated carbocycles. The van der Waals surface area contributed by atoms with Gasteiger partial charge in [0.15, 0.2) is 0 Å². The van der Waals surface area contributed by atoms with Crippen LogP contribution in [0.2, 0.25) is 0 Å². The Morgan fingerprint density at radius 2 is 2.17 bits per heavy atom. The standard InChI is InChI=1S/C17H22N4O3/c1-2-17-11-19(7-8-21(17)16(23)24-12-17)15-18-13-5-3-4-6-14(13)20(15)9-10-22/h3-6,22H,2,7-12H2,1H3. The zero-order valence-electron chi connectivity index (χ0n) is 13.8. The molecule has 24 heavy (non-hydrogen) atoms. The van der Waals surface area contributed by atoms with Crippen molar-refractivity contribution in [2.45, 2.75) is 25.4 Å². The second kappa shape index (κ2) is 5.66. The van der Waals surface area contributed by atoms with Gasteiger partial charge in [0.05, 0.1) is 23.2 Å². The first-order valence-electron chi connectivity index (χ1n) is 8.44. The highest BCUT2D eigenvalue weighted by Crippen LogP contribution is 2.34. The van der Waals surface area contributed by atoms with Gasteiger partial charge in [-0.15, -0.1) is 0 Å². The number of hydrogen-bond acceptors (Lipinski definition) is 5. The van der Waals surface area contributed by atoms with Gasteiger partial charge < -0.3 is 19.3 Å². The minimum atomic E-state index is -0.280. The van der Waals surface area contributed by atoms with E-state index in [1.54, 1.807) is 0 Å². The molecular formula is C17H22N4O3. The van der Waals surface area contributed by atoms with Gasteiger partial charge in [0.1, 0.15) is 6.61 Å². The number of imidazole rings is 1. The van der Waals surface area contributed by atoms with Crippen LogP contribution in [0.1, 0.15) is 13.3 Å². The maximum absolute atomic E-state index is 12.0. The van der Waals surface area contributed by atoms with E-state index in [0.717, 1.165) is 23.4 Å². The van der Waals surface area contributed by atoms with Crippen molar-refractivity contribution in [2.75, 3.05) is 37.7 Å². The lowest BCUT2D eigenvalue weighted by molar-refractivity contribution is 0.137. The normalized spacial score (nSPS) is 23.7. The van der Waals surface area contributed by atoms with Gasteiger partial charge in [-0.3, -0.25) is 4.90 Å². The molecule has 3 heterocycles. The average Bonchev–Trinajstić information content (AvgIpc) is 3.14. The number of anilines is 1. The van der Waals surface area contributed by atoms with E-state index in [1.807, 2.05) is 29.2 Å². The molecule has 4 rings (SSSR count). The van der Waals surface area contributed by atoms with Gasteiger partial charge in [-0.1, -0.05) is 19.1 Å². The number of carbonyl (C=O) groups excluding carboxylic acids is 1. The van der Waals surface area contributed by atoms with Crippen molar-refractivity contribution in [3.05, 3.63) is 24.3 Å². The Morgan fingerprint density at radius 3 is 2.96 bits per heavy atom. The van der Waals surface area contributed by atoms with Crippen molar-refractivity contribution in [1.82, 2.24) is 14.5 Å². The number of nitrogens with zero attached hydrogens (tertiary/aromatic N) is 4. The molecule has 7 nitrogen and oxygen atoms in total. The van der Waals surface area contributed by atoms with Gasteiger partial charge in [-0.2, -0.15) is 0 Å². The first-order valence-corrected chi connectivity index (χ1v) is 8.44. The predicted molar refractivity (Wildman–Crippen MR) is 90.1 cm³/mol. The molecule has 1 atom stereocenters. The predicted octanol–water partition coefficient (Wildman–Crippen LogP) is 1.45. The van der Waals surface area contributed by atoms with Crippen LogP contribution in [0.4, 0.5) is 10.7 Å². The molecule has 128 valence electrons. The summed E-state index contributed by atoms with van der Waals surface area (Å²) in [5, 5.41) is 9.46. The maximum Gasteiger partial charge on any atom is 0.410 e. The van der Waals surface area contributed by atoms with Crippen molar-refractivity contribution in [3.8, 4) is 0 Å². The fourth-order valence-electron chi connectivity index (χ4n) is 3.86. The Labute approximate surface area is 140 Å². The lowest BCUT2D eigenvalue weighted by Gasteiger charge is -2.44. The number of carbonyl (C=O) groups is 1. The van der Waals surface area contributed by atoms with Crippen LogP contribution in [0, 0.1) is 0 Å². The Hall–Kier alpha value is -2.28. The van der Waals surface area contributed by atoms with Gasteiger partial charge in [-0.05, 0) is 18.6 Å². The first-order chi connectivity index (χ1) is 11.7. The number of benzene rings is 1. The minimum Gasteiger partial charge on any atom is -0.447 e. The number of aromatic nitrogens is 2. The molecule has 2 aromatic rings. The molecular weight excluding hydrogens is 308 g/mol. The van der Waals surface area contributed by atoms with E-state index < -0.39 is 0 Å². The lowest BCUT2D eigenvalue weighted by atomic mass is 9.93. The molecule has 1 aromatic heterocycles. The van der Waals surface area contributed by atoms with Crippen molar-refractivity contribution in [1.29, 1.82) is 0 Å². The molecule has 1 aromatic carbocycles. The summed E-state index contributed by atoms with van der Waals surface area (Å²) in [7, 11) is 0. The highest BCUT2D eigenvalue weighted by molar-refractivity contribution is 5.79. The van der Waals surface area contributed by atoms with Gasteiger partial charge in [0, 0.05) is 26.2 Å². The Balaban J connectivity index is 1.73. The average molecular weight is 330 g/mol. The summed E-state index contributed by atoms with van der Waals surface area (Å²) in [4.78, 5) is 20.8. The Kier molecular flexibility index (Phi) is 3.60. The highest BCUT2D eigenvalue weighted by atomic mass is 16.6. The third kappa shape index (κ3) is 2.15. The molecule has 0 aliphatic carbocycles. The summed E-state index contributed by atoms with van der Waals surface area (Å²) in [5.74, 6) is 0.858. The zero-order valence-corrected chi connectivity index (χ0v) is 13.8. The van der Waals surface area contributed by atoms with Gasteiger partial charge in [0.25, 0.3) is 0 Å². The summed E-state index contributed by atoms with van der Waals surface area (Å²) in [5.41, 5.74) is 1.67. The number of fused-ring (bicyclic) bond motifs is 2. The molecule has 0 radical (unpaired) electrons. The number of para-hydroxylation sites is 2. The number of rotatable bonds is 4. The number of piperazine rings is 1. The minimum absolute atomic E-state index is 0.0633. The molecule has 0 bridgehead atoms. The number of aliphatic hydroxyl groups excluding tert-OH is 1. The van der Waals surface area contributed by atoms with E-state index >= 15 is 0 Å². The van der Waals surface area contributed by atoms with E-state index in [-0.39, 0.29) is 18.2 Å². The Bertz CT molecular complexity index is 774. The topological polar surface area (TPSA) is 70.8 Å². The fourth-order valence-corrected chi connectivity index (χ4v) is 3.86. The van der Waals surface area contributed by atoms with Crippen LogP contribution in [0.3, 0.4) is 0 Å². The third-order valence-electron chi connectivity index (χ3n) is 5.23. The molecule has 1 unspecified atom stereocenters. The lowest BCUT2D eigenvalue weighted by Crippen LogP contribution is -2.61. The van der Waals surface area contributed by atoms with Gasteiger partial charge >= 0.3 is 6.09 Å². The molecule has 2 saturated heterocycles. The van der Waals surface area contributed by atoms with Crippen LogP contribution in [0.25, 0.3) is 11.0 Å². The van der Waals surface area contributed by atoms with E-state index in [9.17, 15) is 9.90 Å². The second-order valence-electron chi connectivity index (χ2n) is 6.48. The van der Waals surface area contributed by atoms with Crippen molar-refractivity contribution >= 4 is 23.1 Å². The second-order valence-corrected chi connectivity index (χ2v) is 6.48. The quantitative estimate of drug-likeness (QED) is 0.919.